The van der Waals surface area contributed by atoms with Crippen LogP contribution in [0.15, 0.2) is 46.2 Å². The first kappa shape index (κ1) is 21.8. The van der Waals surface area contributed by atoms with Crippen molar-refractivity contribution in [2.75, 3.05) is 37.4 Å². The molecule has 0 saturated carbocycles. The van der Waals surface area contributed by atoms with Crippen LogP contribution in [0.5, 0.6) is 0 Å². The highest BCUT2D eigenvalue weighted by Crippen LogP contribution is 2.26. The smallest absolute Gasteiger partial charge is 0.246 e. The molecule has 9 heteroatoms. The van der Waals surface area contributed by atoms with E-state index in [1.807, 2.05) is 32.0 Å². The van der Waals surface area contributed by atoms with E-state index < -0.39 is 20.7 Å². The minimum atomic E-state index is -3.99. The van der Waals surface area contributed by atoms with E-state index in [9.17, 15) is 17.6 Å². The minimum absolute atomic E-state index is 0.160. The van der Waals surface area contributed by atoms with E-state index in [0.717, 1.165) is 22.1 Å². The molecule has 1 amide bonds. The maximum Gasteiger partial charge on any atom is 0.246 e. The molecule has 1 aliphatic rings. The number of halogens is 1. The zero-order valence-electron chi connectivity index (χ0n) is 16.3. The molecule has 0 aromatic heterocycles. The summed E-state index contributed by atoms with van der Waals surface area (Å²) in [4.78, 5) is 12.9. The molecule has 1 N–H and O–H groups in total. The molecule has 0 atom stereocenters. The number of nitrogens with one attached hydrogen (secondary N) is 1. The lowest BCUT2D eigenvalue weighted by molar-refractivity contribution is -0.113. The van der Waals surface area contributed by atoms with Gasteiger partial charge in [-0.2, -0.15) is 4.31 Å². The Morgan fingerprint density at radius 3 is 2.62 bits per heavy atom. The second kappa shape index (κ2) is 9.25. The third kappa shape index (κ3) is 5.36. The third-order valence-corrected chi connectivity index (χ3v) is 7.58. The largest absolute Gasteiger partial charge is 0.379 e. The number of anilines is 1. The highest BCUT2D eigenvalue weighted by molar-refractivity contribution is 8.00. The SMILES string of the molecule is Cc1ccc(C)c(SCC(=O)Nc2ccc(F)c(S(=O)(=O)N3CCOCC3)c2)c1. The van der Waals surface area contributed by atoms with E-state index in [4.69, 9.17) is 4.74 Å². The average molecular weight is 439 g/mol. The van der Waals surface area contributed by atoms with Crippen molar-refractivity contribution >= 4 is 33.4 Å². The molecule has 0 aliphatic carbocycles. The highest BCUT2D eigenvalue weighted by Gasteiger charge is 2.29. The average Bonchev–Trinajstić information content (AvgIpc) is 2.70. The summed E-state index contributed by atoms with van der Waals surface area (Å²) in [6, 6.07) is 9.60. The lowest BCUT2D eigenvalue weighted by atomic mass is 10.2. The summed E-state index contributed by atoms with van der Waals surface area (Å²) < 4.78 is 46.1. The summed E-state index contributed by atoms with van der Waals surface area (Å²) in [7, 11) is -3.99. The first-order chi connectivity index (χ1) is 13.8. The van der Waals surface area contributed by atoms with Crippen LogP contribution in [-0.2, 0) is 19.6 Å². The first-order valence-corrected chi connectivity index (χ1v) is 11.6. The van der Waals surface area contributed by atoms with E-state index in [-0.39, 0.29) is 43.7 Å². The molecule has 0 unspecified atom stereocenters. The molecular formula is C20H23FN2O4S2. The lowest BCUT2D eigenvalue weighted by Crippen LogP contribution is -2.40. The molecular weight excluding hydrogens is 415 g/mol. The first-order valence-electron chi connectivity index (χ1n) is 9.15. The summed E-state index contributed by atoms with van der Waals surface area (Å²) in [6.45, 7) is 4.84. The van der Waals surface area contributed by atoms with Crippen LogP contribution < -0.4 is 5.32 Å². The number of aryl methyl sites for hydroxylation is 2. The number of carbonyl (C=O) groups excluding carboxylic acids is 1. The molecule has 3 rings (SSSR count). The van der Waals surface area contributed by atoms with Crippen molar-refractivity contribution in [3.05, 3.63) is 53.3 Å². The number of morpholine rings is 1. The number of amides is 1. The lowest BCUT2D eigenvalue weighted by Gasteiger charge is -2.26. The molecule has 1 fully saturated rings. The van der Waals surface area contributed by atoms with Gasteiger partial charge in [-0.1, -0.05) is 17.7 Å². The van der Waals surface area contributed by atoms with Crippen molar-refractivity contribution in [1.29, 1.82) is 0 Å². The van der Waals surface area contributed by atoms with Gasteiger partial charge in [-0.3, -0.25) is 4.79 Å². The normalized spacial score (nSPS) is 15.3. The third-order valence-electron chi connectivity index (χ3n) is 4.51. The van der Waals surface area contributed by atoms with Gasteiger partial charge in [0, 0.05) is 23.7 Å². The standard InChI is InChI=1S/C20H23FN2O4S2/c1-14-3-4-15(2)18(11-14)28-13-20(24)22-16-5-6-17(21)19(12-16)29(25,26)23-7-9-27-10-8-23/h3-6,11-12H,7-10,13H2,1-2H3,(H,22,24). The van der Waals surface area contributed by atoms with Crippen LogP contribution >= 0.6 is 11.8 Å². The van der Waals surface area contributed by atoms with Gasteiger partial charge in [-0.15, -0.1) is 11.8 Å². The number of rotatable bonds is 6. The summed E-state index contributed by atoms with van der Waals surface area (Å²) >= 11 is 1.40. The number of sulfonamides is 1. The monoisotopic (exact) mass is 438 g/mol. The number of hydrogen-bond acceptors (Lipinski definition) is 5. The molecule has 2 aromatic carbocycles. The van der Waals surface area contributed by atoms with Crippen LogP contribution in [0.3, 0.4) is 0 Å². The fourth-order valence-corrected chi connectivity index (χ4v) is 5.33. The minimum Gasteiger partial charge on any atom is -0.379 e. The molecule has 0 spiro atoms. The fraction of sp³-hybridized carbons (Fsp3) is 0.350. The Bertz CT molecular complexity index is 1010. The summed E-state index contributed by atoms with van der Waals surface area (Å²) in [5.41, 5.74) is 2.42. The zero-order chi connectivity index (χ0) is 21.0. The van der Waals surface area contributed by atoms with Crippen molar-refractivity contribution in [3.8, 4) is 0 Å². The van der Waals surface area contributed by atoms with Gasteiger partial charge >= 0.3 is 0 Å². The number of benzene rings is 2. The second-order valence-corrected chi connectivity index (χ2v) is 9.69. The van der Waals surface area contributed by atoms with Gasteiger partial charge in [0.05, 0.1) is 19.0 Å². The molecule has 2 aromatic rings. The van der Waals surface area contributed by atoms with Crippen molar-refractivity contribution < 1.29 is 22.3 Å². The van der Waals surface area contributed by atoms with Gasteiger partial charge in [0.2, 0.25) is 15.9 Å². The van der Waals surface area contributed by atoms with E-state index in [1.165, 1.54) is 28.2 Å². The maximum atomic E-state index is 14.3. The molecule has 1 heterocycles. The molecule has 0 radical (unpaired) electrons. The van der Waals surface area contributed by atoms with Crippen LogP contribution in [0, 0.1) is 19.7 Å². The van der Waals surface area contributed by atoms with Gasteiger partial charge in [0.1, 0.15) is 10.7 Å². The van der Waals surface area contributed by atoms with E-state index in [1.54, 1.807) is 0 Å². The van der Waals surface area contributed by atoms with Gasteiger partial charge in [-0.25, -0.2) is 12.8 Å². The van der Waals surface area contributed by atoms with Crippen molar-refractivity contribution in [1.82, 2.24) is 4.31 Å². The topological polar surface area (TPSA) is 75.7 Å². The van der Waals surface area contributed by atoms with E-state index in [0.29, 0.717) is 0 Å². The summed E-state index contributed by atoms with van der Waals surface area (Å²) in [6.07, 6.45) is 0. The molecule has 29 heavy (non-hydrogen) atoms. The Kier molecular flexibility index (Phi) is 6.94. The number of ether oxygens (including phenoxy) is 1. The fourth-order valence-electron chi connectivity index (χ4n) is 2.91. The Morgan fingerprint density at radius 1 is 1.17 bits per heavy atom. The van der Waals surface area contributed by atoms with Gasteiger partial charge in [0.15, 0.2) is 0 Å². The summed E-state index contributed by atoms with van der Waals surface area (Å²) in [5, 5.41) is 2.65. The van der Waals surface area contributed by atoms with Crippen LogP contribution in [-0.4, -0.2) is 50.7 Å². The number of nitrogens with zero attached hydrogens (tertiary/aromatic N) is 1. The Balaban J connectivity index is 1.70. The van der Waals surface area contributed by atoms with Gasteiger partial charge in [0.25, 0.3) is 0 Å². The molecule has 1 saturated heterocycles. The van der Waals surface area contributed by atoms with Gasteiger partial charge in [-0.05, 0) is 43.7 Å². The van der Waals surface area contributed by atoms with Gasteiger partial charge < -0.3 is 10.1 Å². The zero-order valence-corrected chi connectivity index (χ0v) is 17.9. The van der Waals surface area contributed by atoms with Crippen molar-refractivity contribution in [2.45, 2.75) is 23.6 Å². The van der Waals surface area contributed by atoms with Crippen molar-refractivity contribution in [3.63, 3.8) is 0 Å². The van der Waals surface area contributed by atoms with Crippen LogP contribution in [0.1, 0.15) is 11.1 Å². The summed E-state index contributed by atoms with van der Waals surface area (Å²) in [5.74, 6) is -0.982. The van der Waals surface area contributed by atoms with Crippen molar-refractivity contribution in [2.24, 2.45) is 0 Å². The van der Waals surface area contributed by atoms with E-state index in [2.05, 4.69) is 5.32 Å². The second-order valence-electron chi connectivity index (χ2n) is 6.77. The number of carbonyl (C=O) groups is 1. The Hall–Kier alpha value is -1.94. The molecule has 156 valence electrons. The van der Waals surface area contributed by atoms with Crippen LogP contribution in [0.2, 0.25) is 0 Å². The predicted molar refractivity (Wildman–Crippen MR) is 111 cm³/mol. The maximum absolute atomic E-state index is 14.3. The number of hydrogen-bond donors (Lipinski definition) is 1. The molecule has 6 nitrogen and oxygen atoms in total. The van der Waals surface area contributed by atoms with Crippen LogP contribution in [0.25, 0.3) is 0 Å². The molecule has 0 bridgehead atoms. The van der Waals surface area contributed by atoms with Crippen LogP contribution in [0.4, 0.5) is 10.1 Å². The quantitative estimate of drug-likeness (QED) is 0.701. The Morgan fingerprint density at radius 2 is 1.90 bits per heavy atom. The Labute approximate surface area is 174 Å². The van der Waals surface area contributed by atoms with E-state index >= 15 is 0 Å². The highest BCUT2D eigenvalue weighted by atomic mass is 32.2. The molecule has 1 aliphatic heterocycles. The predicted octanol–water partition coefficient (Wildman–Crippen LogP) is 3.19. The number of thioether (sulfide) groups is 1.